The van der Waals surface area contributed by atoms with Gasteiger partial charge in [-0.05, 0) is 18.1 Å². The molecule has 1 saturated heterocycles. The van der Waals surface area contributed by atoms with E-state index in [1.165, 1.54) is 11.1 Å². The zero-order chi connectivity index (χ0) is 15.5. The fourth-order valence-electron chi connectivity index (χ4n) is 1.93. The van der Waals surface area contributed by atoms with Gasteiger partial charge in [-0.1, -0.05) is 58.9 Å². The number of benzene rings is 1. The fourth-order valence-corrected chi connectivity index (χ4v) is 1.93. The van der Waals surface area contributed by atoms with Crippen LogP contribution in [-0.4, -0.2) is 24.1 Å². The predicted molar refractivity (Wildman–Crippen MR) is 84.8 cm³/mol. The van der Waals surface area contributed by atoms with Gasteiger partial charge in [0.25, 0.3) is 0 Å². The quantitative estimate of drug-likeness (QED) is 0.789. The van der Waals surface area contributed by atoms with Gasteiger partial charge >= 0.3 is 6.09 Å². The molecule has 1 aromatic carbocycles. The summed E-state index contributed by atoms with van der Waals surface area (Å²) in [5.41, 5.74) is 2.40. The summed E-state index contributed by atoms with van der Waals surface area (Å²) in [7, 11) is 0. The number of cyclic esters (lactones) is 1. The van der Waals surface area contributed by atoms with E-state index in [0.717, 1.165) is 6.54 Å². The van der Waals surface area contributed by atoms with Gasteiger partial charge in [-0.3, -0.25) is 0 Å². The van der Waals surface area contributed by atoms with Crippen molar-refractivity contribution in [3.63, 3.8) is 0 Å². The Bertz CT molecular complexity index is 390. The molecular weight excluding hydrogens is 250 g/mol. The van der Waals surface area contributed by atoms with E-state index in [2.05, 4.69) is 26.0 Å². The van der Waals surface area contributed by atoms with Crippen LogP contribution in [0.25, 0.3) is 0 Å². The van der Waals surface area contributed by atoms with Gasteiger partial charge in [-0.25, -0.2) is 4.79 Å². The molecule has 20 heavy (non-hydrogen) atoms. The smallest absolute Gasteiger partial charge is 0.410 e. The SMILES string of the molecule is CC.CC.Cc1ccccc1CN1CC(C)COC1=O. The Balaban J connectivity index is 0.000000829. The van der Waals surface area contributed by atoms with Crippen molar-refractivity contribution in [2.24, 2.45) is 5.92 Å². The molecule has 1 unspecified atom stereocenters. The third kappa shape index (κ3) is 5.64. The second kappa shape index (κ2) is 10.3. The monoisotopic (exact) mass is 279 g/mol. The van der Waals surface area contributed by atoms with Gasteiger partial charge in [0.15, 0.2) is 0 Å². The summed E-state index contributed by atoms with van der Waals surface area (Å²) in [4.78, 5) is 13.3. The Morgan fingerprint density at radius 2 is 1.80 bits per heavy atom. The lowest BCUT2D eigenvalue weighted by atomic mass is 10.1. The van der Waals surface area contributed by atoms with Gasteiger partial charge < -0.3 is 9.64 Å². The van der Waals surface area contributed by atoms with Crippen molar-refractivity contribution in [3.8, 4) is 0 Å². The first kappa shape index (κ1) is 18.5. The van der Waals surface area contributed by atoms with Crippen LogP contribution in [0.15, 0.2) is 24.3 Å². The molecule has 1 aromatic rings. The number of nitrogens with zero attached hydrogens (tertiary/aromatic N) is 1. The average Bonchev–Trinajstić information content (AvgIpc) is 2.49. The summed E-state index contributed by atoms with van der Waals surface area (Å²) >= 11 is 0. The van der Waals surface area contributed by atoms with E-state index in [0.29, 0.717) is 19.1 Å². The van der Waals surface area contributed by atoms with Gasteiger partial charge in [0.1, 0.15) is 0 Å². The largest absolute Gasteiger partial charge is 0.449 e. The van der Waals surface area contributed by atoms with E-state index in [1.807, 2.05) is 39.8 Å². The standard InChI is InChI=1S/C13H17NO2.2C2H6/c1-10-7-14(13(15)16-9-10)8-12-6-4-3-5-11(12)2;2*1-2/h3-6,10H,7-9H2,1-2H3;2*1-2H3. The van der Waals surface area contributed by atoms with Crippen molar-refractivity contribution in [1.29, 1.82) is 0 Å². The van der Waals surface area contributed by atoms with Crippen LogP contribution in [0.3, 0.4) is 0 Å². The Hall–Kier alpha value is -1.51. The Kier molecular flexibility index (Phi) is 9.52. The maximum atomic E-state index is 11.6. The van der Waals surface area contributed by atoms with Crippen molar-refractivity contribution in [2.45, 2.75) is 48.1 Å². The highest BCUT2D eigenvalue weighted by Crippen LogP contribution is 2.16. The van der Waals surface area contributed by atoms with Crippen molar-refractivity contribution in [2.75, 3.05) is 13.2 Å². The second-order valence-corrected chi connectivity index (χ2v) is 4.49. The zero-order valence-electron chi connectivity index (χ0n) is 13.8. The molecule has 0 aliphatic carbocycles. The lowest BCUT2D eigenvalue weighted by molar-refractivity contribution is 0.0450. The van der Waals surface area contributed by atoms with E-state index < -0.39 is 0 Å². The van der Waals surface area contributed by atoms with Crippen molar-refractivity contribution in [1.82, 2.24) is 4.90 Å². The number of ether oxygens (including phenoxy) is 1. The minimum Gasteiger partial charge on any atom is -0.449 e. The van der Waals surface area contributed by atoms with Crippen molar-refractivity contribution >= 4 is 6.09 Å². The molecule has 1 amide bonds. The number of hydrogen-bond acceptors (Lipinski definition) is 2. The molecule has 1 fully saturated rings. The lowest BCUT2D eigenvalue weighted by Crippen LogP contribution is -2.41. The minimum atomic E-state index is -0.193. The van der Waals surface area contributed by atoms with Crippen LogP contribution in [-0.2, 0) is 11.3 Å². The first-order valence-electron chi connectivity index (χ1n) is 7.63. The van der Waals surface area contributed by atoms with Crippen LogP contribution >= 0.6 is 0 Å². The highest BCUT2D eigenvalue weighted by atomic mass is 16.6. The third-order valence-electron chi connectivity index (χ3n) is 2.90. The number of hydrogen-bond donors (Lipinski definition) is 0. The van der Waals surface area contributed by atoms with E-state index in [4.69, 9.17) is 4.74 Å². The number of carbonyl (C=O) groups excluding carboxylic acids is 1. The first-order chi connectivity index (χ1) is 9.66. The number of carbonyl (C=O) groups is 1. The van der Waals surface area contributed by atoms with Crippen LogP contribution in [0.4, 0.5) is 4.79 Å². The Morgan fingerprint density at radius 1 is 1.20 bits per heavy atom. The Morgan fingerprint density at radius 3 is 2.40 bits per heavy atom. The fraction of sp³-hybridized carbons (Fsp3) is 0.588. The number of amides is 1. The van der Waals surface area contributed by atoms with E-state index in [9.17, 15) is 4.79 Å². The third-order valence-corrected chi connectivity index (χ3v) is 2.90. The summed E-state index contributed by atoms with van der Waals surface area (Å²) in [6.07, 6.45) is -0.193. The molecule has 1 aliphatic rings. The molecular formula is C17H29NO2. The van der Waals surface area contributed by atoms with E-state index in [1.54, 1.807) is 4.90 Å². The number of rotatable bonds is 2. The summed E-state index contributed by atoms with van der Waals surface area (Å²) in [6, 6.07) is 8.13. The molecule has 0 radical (unpaired) electrons. The molecule has 0 spiro atoms. The predicted octanol–water partition coefficient (Wildman–Crippen LogP) is 4.64. The normalized spacial score (nSPS) is 17.2. The van der Waals surface area contributed by atoms with E-state index >= 15 is 0 Å². The molecule has 3 nitrogen and oxygen atoms in total. The molecule has 0 aromatic heterocycles. The van der Waals surface area contributed by atoms with E-state index in [-0.39, 0.29) is 6.09 Å². The highest BCUT2D eigenvalue weighted by molar-refractivity contribution is 5.68. The summed E-state index contributed by atoms with van der Waals surface area (Å²) in [5, 5.41) is 0. The van der Waals surface area contributed by atoms with Gasteiger partial charge in [-0.15, -0.1) is 0 Å². The topological polar surface area (TPSA) is 29.5 Å². The van der Waals surface area contributed by atoms with Crippen LogP contribution < -0.4 is 0 Å². The van der Waals surface area contributed by atoms with Crippen LogP contribution in [0.2, 0.25) is 0 Å². The second-order valence-electron chi connectivity index (χ2n) is 4.49. The van der Waals surface area contributed by atoms with Gasteiger partial charge in [-0.2, -0.15) is 0 Å². The van der Waals surface area contributed by atoms with Crippen molar-refractivity contribution in [3.05, 3.63) is 35.4 Å². The minimum absolute atomic E-state index is 0.193. The molecule has 1 heterocycles. The molecule has 3 heteroatoms. The molecule has 114 valence electrons. The molecule has 0 saturated carbocycles. The summed E-state index contributed by atoms with van der Waals surface area (Å²) < 4.78 is 5.10. The molecule has 1 aliphatic heterocycles. The summed E-state index contributed by atoms with van der Waals surface area (Å²) in [6.45, 7) is 14.1. The maximum absolute atomic E-state index is 11.6. The van der Waals surface area contributed by atoms with Crippen LogP contribution in [0, 0.1) is 12.8 Å². The first-order valence-corrected chi connectivity index (χ1v) is 7.63. The highest BCUT2D eigenvalue weighted by Gasteiger charge is 2.24. The lowest BCUT2D eigenvalue weighted by Gasteiger charge is -2.30. The number of aryl methyl sites for hydroxylation is 1. The van der Waals surface area contributed by atoms with Crippen molar-refractivity contribution < 1.29 is 9.53 Å². The van der Waals surface area contributed by atoms with Gasteiger partial charge in [0.05, 0.1) is 6.61 Å². The molecule has 1 atom stereocenters. The van der Waals surface area contributed by atoms with Crippen LogP contribution in [0.5, 0.6) is 0 Å². The molecule has 0 bridgehead atoms. The summed E-state index contributed by atoms with van der Waals surface area (Å²) in [5.74, 6) is 0.418. The van der Waals surface area contributed by atoms with Gasteiger partial charge in [0.2, 0.25) is 0 Å². The Labute approximate surface area is 123 Å². The van der Waals surface area contributed by atoms with Crippen LogP contribution in [0.1, 0.15) is 45.7 Å². The zero-order valence-corrected chi connectivity index (χ0v) is 13.8. The average molecular weight is 279 g/mol. The maximum Gasteiger partial charge on any atom is 0.410 e. The molecule has 2 rings (SSSR count). The van der Waals surface area contributed by atoms with Gasteiger partial charge in [0, 0.05) is 19.0 Å². The molecule has 0 N–H and O–H groups in total.